The first-order valence-corrected chi connectivity index (χ1v) is 10.1. The lowest BCUT2D eigenvalue weighted by molar-refractivity contribution is -0.135. The predicted octanol–water partition coefficient (Wildman–Crippen LogP) is 2.63. The van der Waals surface area contributed by atoms with Gasteiger partial charge in [0.2, 0.25) is 5.91 Å². The molecule has 0 aliphatic carbocycles. The lowest BCUT2D eigenvalue weighted by Crippen LogP contribution is -2.46. The third kappa shape index (κ3) is 4.45. The first-order chi connectivity index (χ1) is 14.2. The highest BCUT2D eigenvalue weighted by molar-refractivity contribution is 5.94. The standard InChI is InChI=1S/C22H25N5O2/c28-21(16-27-20-12-5-4-11-19(20)24-25-27)26-15-7-6-10-18(26)13-14-23-22(29)17-8-2-1-3-9-17/h1-5,8-9,11-12,18H,6-7,10,13-16H2,(H,23,29). The van der Waals surface area contributed by atoms with Gasteiger partial charge in [-0.05, 0) is 49.9 Å². The quantitative estimate of drug-likeness (QED) is 0.701. The van der Waals surface area contributed by atoms with E-state index >= 15 is 0 Å². The summed E-state index contributed by atoms with van der Waals surface area (Å²) in [6.45, 7) is 1.49. The van der Waals surface area contributed by atoms with Gasteiger partial charge >= 0.3 is 0 Å². The molecule has 3 aromatic rings. The molecular formula is C22H25N5O2. The van der Waals surface area contributed by atoms with E-state index in [0.717, 1.165) is 43.3 Å². The van der Waals surface area contributed by atoms with Crippen LogP contribution >= 0.6 is 0 Å². The third-order valence-electron chi connectivity index (χ3n) is 5.45. The fraction of sp³-hybridized carbons (Fsp3) is 0.364. The van der Waals surface area contributed by atoms with Crippen LogP contribution in [0.25, 0.3) is 11.0 Å². The molecule has 1 saturated heterocycles. The van der Waals surface area contributed by atoms with Gasteiger partial charge in [0, 0.05) is 24.7 Å². The Morgan fingerprint density at radius 2 is 1.83 bits per heavy atom. The van der Waals surface area contributed by atoms with E-state index in [2.05, 4.69) is 15.6 Å². The molecular weight excluding hydrogens is 366 g/mol. The maximum atomic E-state index is 13.0. The molecule has 1 aliphatic heterocycles. The van der Waals surface area contributed by atoms with Gasteiger partial charge in [-0.25, -0.2) is 4.68 Å². The Morgan fingerprint density at radius 1 is 1.03 bits per heavy atom. The summed E-state index contributed by atoms with van der Waals surface area (Å²) in [6.07, 6.45) is 3.83. The Balaban J connectivity index is 1.35. The third-order valence-corrected chi connectivity index (χ3v) is 5.45. The lowest BCUT2D eigenvalue weighted by Gasteiger charge is -2.36. The lowest BCUT2D eigenvalue weighted by atomic mass is 9.99. The van der Waals surface area contributed by atoms with Gasteiger partial charge in [0.1, 0.15) is 12.1 Å². The van der Waals surface area contributed by atoms with E-state index in [4.69, 9.17) is 0 Å². The van der Waals surface area contributed by atoms with Crippen LogP contribution in [0.3, 0.4) is 0 Å². The number of hydrogen-bond acceptors (Lipinski definition) is 4. The average Bonchev–Trinajstić information content (AvgIpc) is 3.17. The molecule has 1 N–H and O–H groups in total. The highest BCUT2D eigenvalue weighted by atomic mass is 16.2. The molecule has 7 nitrogen and oxygen atoms in total. The van der Waals surface area contributed by atoms with E-state index in [9.17, 15) is 9.59 Å². The number of likely N-dealkylation sites (tertiary alicyclic amines) is 1. The summed E-state index contributed by atoms with van der Waals surface area (Å²) in [4.78, 5) is 27.2. The zero-order valence-electron chi connectivity index (χ0n) is 16.3. The van der Waals surface area contributed by atoms with Crippen molar-refractivity contribution < 1.29 is 9.59 Å². The number of carbonyl (C=O) groups excluding carboxylic acids is 2. The maximum Gasteiger partial charge on any atom is 0.251 e. The summed E-state index contributed by atoms with van der Waals surface area (Å²) < 4.78 is 1.67. The first-order valence-electron chi connectivity index (χ1n) is 10.1. The van der Waals surface area contributed by atoms with E-state index in [-0.39, 0.29) is 24.4 Å². The van der Waals surface area contributed by atoms with Crippen LogP contribution in [0.5, 0.6) is 0 Å². The minimum Gasteiger partial charge on any atom is -0.352 e. The van der Waals surface area contributed by atoms with Gasteiger partial charge in [-0.3, -0.25) is 9.59 Å². The molecule has 0 spiro atoms. The summed E-state index contributed by atoms with van der Waals surface area (Å²) in [6, 6.07) is 17.0. The number of amides is 2. The molecule has 0 radical (unpaired) electrons. The summed E-state index contributed by atoms with van der Waals surface area (Å²) in [5.74, 6) is -0.0203. The zero-order chi connectivity index (χ0) is 20.1. The number of nitrogens with zero attached hydrogens (tertiary/aromatic N) is 4. The van der Waals surface area contributed by atoms with Gasteiger partial charge in [-0.1, -0.05) is 35.5 Å². The van der Waals surface area contributed by atoms with Crippen LogP contribution in [0.15, 0.2) is 54.6 Å². The Labute approximate surface area is 169 Å². The largest absolute Gasteiger partial charge is 0.352 e. The molecule has 2 heterocycles. The second kappa shape index (κ2) is 8.86. The van der Waals surface area contributed by atoms with Gasteiger partial charge in [-0.2, -0.15) is 0 Å². The number of para-hydroxylation sites is 1. The molecule has 150 valence electrons. The van der Waals surface area contributed by atoms with Crippen molar-refractivity contribution in [1.82, 2.24) is 25.2 Å². The Morgan fingerprint density at radius 3 is 2.69 bits per heavy atom. The number of rotatable bonds is 6. The summed E-state index contributed by atoms with van der Waals surface area (Å²) in [7, 11) is 0. The van der Waals surface area contributed by atoms with Crippen LogP contribution in [0.4, 0.5) is 0 Å². The Hall–Kier alpha value is -3.22. The van der Waals surface area contributed by atoms with Crippen LogP contribution in [0.2, 0.25) is 0 Å². The van der Waals surface area contributed by atoms with Gasteiger partial charge in [0.25, 0.3) is 5.91 Å². The summed E-state index contributed by atoms with van der Waals surface area (Å²) in [5.41, 5.74) is 2.31. The molecule has 29 heavy (non-hydrogen) atoms. The highest BCUT2D eigenvalue weighted by Crippen LogP contribution is 2.20. The molecule has 2 aromatic carbocycles. The minimum absolute atomic E-state index is 0.0553. The number of benzene rings is 2. The van der Waals surface area contributed by atoms with E-state index in [1.165, 1.54) is 0 Å². The Bertz CT molecular complexity index is 985. The predicted molar refractivity (Wildman–Crippen MR) is 110 cm³/mol. The molecule has 4 rings (SSSR count). The van der Waals surface area contributed by atoms with Gasteiger partial charge < -0.3 is 10.2 Å². The monoisotopic (exact) mass is 391 g/mol. The number of nitrogens with one attached hydrogen (secondary N) is 1. The average molecular weight is 391 g/mol. The van der Waals surface area contributed by atoms with E-state index in [1.807, 2.05) is 47.4 Å². The molecule has 1 fully saturated rings. The van der Waals surface area contributed by atoms with Crippen molar-refractivity contribution in [2.75, 3.05) is 13.1 Å². The number of hydrogen-bond donors (Lipinski definition) is 1. The molecule has 2 amide bonds. The molecule has 1 atom stereocenters. The normalized spacial score (nSPS) is 16.7. The molecule has 0 saturated carbocycles. The number of carbonyl (C=O) groups is 2. The maximum absolute atomic E-state index is 13.0. The van der Waals surface area contributed by atoms with Crippen molar-refractivity contribution in [3.63, 3.8) is 0 Å². The fourth-order valence-electron chi connectivity index (χ4n) is 3.93. The van der Waals surface area contributed by atoms with Crippen molar-refractivity contribution in [3.05, 3.63) is 60.2 Å². The Kier molecular flexibility index (Phi) is 5.84. The van der Waals surface area contributed by atoms with Crippen LogP contribution in [0.1, 0.15) is 36.0 Å². The zero-order valence-corrected chi connectivity index (χ0v) is 16.3. The van der Waals surface area contributed by atoms with Crippen LogP contribution in [0, 0.1) is 0 Å². The fourth-order valence-corrected chi connectivity index (χ4v) is 3.93. The number of aromatic nitrogens is 3. The minimum atomic E-state index is -0.0756. The molecule has 1 aromatic heterocycles. The van der Waals surface area contributed by atoms with Crippen molar-refractivity contribution in [2.45, 2.75) is 38.3 Å². The second-order valence-corrected chi connectivity index (χ2v) is 7.38. The number of fused-ring (bicyclic) bond motifs is 1. The van der Waals surface area contributed by atoms with E-state index in [0.29, 0.717) is 12.1 Å². The van der Waals surface area contributed by atoms with Crippen molar-refractivity contribution in [3.8, 4) is 0 Å². The summed E-state index contributed by atoms with van der Waals surface area (Å²) >= 11 is 0. The summed E-state index contributed by atoms with van der Waals surface area (Å²) in [5, 5.41) is 11.2. The second-order valence-electron chi connectivity index (χ2n) is 7.38. The SMILES string of the molecule is O=C(NCCC1CCCCN1C(=O)Cn1nnc2ccccc21)c1ccccc1. The van der Waals surface area contributed by atoms with Crippen LogP contribution in [-0.2, 0) is 11.3 Å². The van der Waals surface area contributed by atoms with Crippen LogP contribution < -0.4 is 5.32 Å². The molecule has 1 unspecified atom stereocenters. The molecule has 1 aliphatic rings. The van der Waals surface area contributed by atoms with Gasteiger partial charge in [0.05, 0.1) is 5.52 Å². The first kappa shape index (κ1) is 19.1. The smallest absolute Gasteiger partial charge is 0.251 e. The molecule has 7 heteroatoms. The number of piperidine rings is 1. The van der Waals surface area contributed by atoms with Gasteiger partial charge in [-0.15, -0.1) is 5.10 Å². The van der Waals surface area contributed by atoms with Crippen molar-refractivity contribution in [2.24, 2.45) is 0 Å². The molecule has 0 bridgehead atoms. The van der Waals surface area contributed by atoms with Crippen LogP contribution in [-0.4, -0.2) is 50.8 Å². The van der Waals surface area contributed by atoms with Crippen molar-refractivity contribution >= 4 is 22.8 Å². The van der Waals surface area contributed by atoms with E-state index in [1.54, 1.807) is 16.8 Å². The topological polar surface area (TPSA) is 80.1 Å². The highest BCUT2D eigenvalue weighted by Gasteiger charge is 2.27. The van der Waals surface area contributed by atoms with Crippen molar-refractivity contribution in [1.29, 1.82) is 0 Å². The van der Waals surface area contributed by atoms with E-state index < -0.39 is 0 Å². The van der Waals surface area contributed by atoms with Gasteiger partial charge in [0.15, 0.2) is 0 Å².